The van der Waals surface area contributed by atoms with Gasteiger partial charge in [0.05, 0.1) is 11.5 Å². The van der Waals surface area contributed by atoms with Crippen LogP contribution in [0.5, 0.6) is 0 Å². The van der Waals surface area contributed by atoms with Crippen molar-refractivity contribution in [3.63, 3.8) is 0 Å². The molecule has 2 aliphatic heterocycles. The number of carbonyl (C=O) groups is 1. The number of sulfone groups is 1. The largest absolute Gasteiger partial charge is 0.343 e. The van der Waals surface area contributed by atoms with Gasteiger partial charge in [-0.1, -0.05) is 0 Å². The number of amides is 1. The maximum atomic E-state index is 12.5. The Balaban J connectivity index is 1.42. The van der Waals surface area contributed by atoms with E-state index in [9.17, 15) is 13.2 Å². The quantitative estimate of drug-likeness (QED) is 0.786. The molecular formula is C18H27N3O3S. The molecule has 1 aromatic rings. The number of likely N-dealkylation sites (tertiary alicyclic amines) is 1. The molecule has 1 amide bonds. The molecule has 3 heterocycles. The highest BCUT2D eigenvalue weighted by molar-refractivity contribution is 7.91. The highest BCUT2D eigenvalue weighted by Crippen LogP contribution is 2.27. The smallest absolute Gasteiger partial charge is 0.223 e. The van der Waals surface area contributed by atoms with E-state index in [1.165, 1.54) is 5.56 Å². The van der Waals surface area contributed by atoms with Gasteiger partial charge in [-0.15, -0.1) is 0 Å². The molecular weight excluding hydrogens is 338 g/mol. The minimum Gasteiger partial charge on any atom is -0.343 e. The number of hydrogen-bond acceptors (Lipinski definition) is 5. The van der Waals surface area contributed by atoms with Crippen molar-refractivity contribution >= 4 is 15.7 Å². The molecule has 0 aliphatic carbocycles. The van der Waals surface area contributed by atoms with Crippen LogP contribution in [0.25, 0.3) is 0 Å². The Morgan fingerprint density at radius 2 is 1.92 bits per heavy atom. The van der Waals surface area contributed by atoms with Crippen molar-refractivity contribution < 1.29 is 13.2 Å². The summed E-state index contributed by atoms with van der Waals surface area (Å²) in [7, 11) is -0.948. The van der Waals surface area contributed by atoms with Gasteiger partial charge in [-0.25, -0.2) is 8.42 Å². The summed E-state index contributed by atoms with van der Waals surface area (Å²) in [6.45, 7) is 2.23. The van der Waals surface area contributed by atoms with E-state index in [1.807, 2.05) is 29.2 Å². The van der Waals surface area contributed by atoms with Crippen LogP contribution in [0.15, 0.2) is 24.5 Å². The Hall–Kier alpha value is -1.47. The lowest BCUT2D eigenvalue weighted by Crippen LogP contribution is -2.40. The number of nitrogens with zero attached hydrogens (tertiary/aromatic N) is 3. The fourth-order valence-corrected chi connectivity index (χ4v) is 5.64. The van der Waals surface area contributed by atoms with Crippen LogP contribution >= 0.6 is 0 Å². The van der Waals surface area contributed by atoms with Crippen LogP contribution in [0.4, 0.5) is 0 Å². The van der Waals surface area contributed by atoms with E-state index in [-0.39, 0.29) is 23.5 Å². The Bertz CT molecular complexity index is 685. The molecule has 2 aliphatic rings. The molecule has 25 heavy (non-hydrogen) atoms. The van der Waals surface area contributed by atoms with Crippen molar-refractivity contribution in [2.24, 2.45) is 0 Å². The lowest BCUT2D eigenvalue weighted by molar-refractivity contribution is -0.132. The molecule has 0 saturated carbocycles. The standard InChI is InChI=1S/C18H27N3O3S/c1-20(17-7-13-25(23,24)14-17)10-6-18(22)21-11-4-16(5-12-21)15-2-8-19-9-3-15/h2-3,8-9,16-17H,4-7,10-14H2,1H3. The third-order valence-electron chi connectivity index (χ3n) is 5.54. The topological polar surface area (TPSA) is 70.6 Å². The van der Waals surface area contributed by atoms with Crippen LogP contribution in [-0.2, 0) is 14.6 Å². The molecule has 3 rings (SSSR count). The molecule has 0 N–H and O–H groups in total. The monoisotopic (exact) mass is 365 g/mol. The van der Waals surface area contributed by atoms with Crippen molar-refractivity contribution in [3.8, 4) is 0 Å². The maximum Gasteiger partial charge on any atom is 0.223 e. The molecule has 2 fully saturated rings. The number of pyridine rings is 1. The molecule has 7 heteroatoms. The zero-order valence-electron chi connectivity index (χ0n) is 14.8. The Kier molecular flexibility index (Phi) is 5.74. The Morgan fingerprint density at radius 1 is 1.24 bits per heavy atom. The first-order valence-corrected chi connectivity index (χ1v) is 10.8. The lowest BCUT2D eigenvalue weighted by Gasteiger charge is -2.33. The minimum atomic E-state index is -2.87. The molecule has 138 valence electrons. The average molecular weight is 365 g/mol. The van der Waals surface area contributed by atoms with Crippen molar-refractivity contribution in [1.82, 2.24) is 14.8 Å². The van der Waals surface area contributed by atoms with E-state index >= 15 is 0 Å². The molecule has 0 radical (unpaired) electrons. The van der Waals surface area contributed by atoms with Crippen molar-refractivity contribution in [1.29, 1.82) is 0 Å². The zero-order valence-corrected chi connectivity index (χ0v) is 15.6. The second-order valence-corrected chi connectivity index (χ2v) is 9.45. The van der Waals surface area contributed by atoms with Crippen LogP contribution < -0.4 is 0 Å². The molecule has 1 atom stereocenters. The zero-order chi connectivity index (χ0) is 17.9. The van der Waals surface area contributed by atoms with Crippen molar-refractivity contribution in [2.45, 2.75) is 37.6 Å². The molecule has 1 unspecified atom stereocenters. The number of carbonyl (C=O) groups excluding carboxylic acids is 1. The lowest BCUT2D eigenvalue weighted by atomic mass is 9.90. The first-order chi connectivity index (χ1) is 11.9. The van der Waals surface area contributed by atoms with Gasteiger partial charge in [0, 0.05) is 44.5 Å². The number of hydrogen-bond donors (Lipinski definition) is 0. The van der Waals surface area contributed by atoms with E-state index < -0.39 is 9.84 Å². The predicted octanol–water partition coefficient (Wildman–Crippen LogP) is 1.30. The summed E-state index contributed by atoms with van der Waals surface area (Å²) in [5.74, 6) is 1.20. The molecule has 0 aromatic carbocycles. The average Bonchev–Trinajstić information content (AvgIpc) is 3.00. The van der Waals surface area contributed by atoms with Gasteiger partial charge in [-0.3, -0.25) is 9.78 Å². The van der Waals surface area contributed by atoms with Gasteiger partial charge in [0.15, 0.2) is 9.84 Å². The van der Waals surface area contributed by atoms with Crippen LogP contribution in [0.3, 0.4) is 0 Å². The summed E-state index contributed by atoms with van der Waals surface area (Å²) in [5.41, 5.74) is 1.31. The number of rotatable bonds is 5. The SMILES string of the molecule is CN(CCC(=O)N1CCC(c2ccncc2)CC1)C1CCS(=O)(=O)C1. The third-order valence-corrected chi connectivity index (χ3v) is 7.29. The second kappa shape index (κ2) is 7.83. The highest BCUT2D eigenvalue weighted by atomic mass is 32.2. The van der Waals surface area contributed by atoms with Crippen LogP contribution in [0, 0.1) is 0 Å². The molecule has 2 saturated heterocycles. The van der Waals surface area contributed by atoms with Crippen molar-refractivity contribution in [2.75, 3.05) is 38.2 Å². The summed E-state index contributed by atoms with van der Waals surface area (Å²) in [6, 6.07) is 4.19. The Labute approximate surface area is 150 Å². The third kappa shape index (κ3) is 4.79. The normalized spacial score (nSPS) is 23.9. The summed E-state index contributed by atoms with van der Waals surface area (Å²) in [4.78, 5) is 20.5. The first kappa shape index (κ1) is 18.3. The van der Waals surface area contributed by atoms with E-state index in [0.717, 1.165) is 25.9 Å². The van der Waals surface area contributed by atoms with E-state index in [1.54, 1.807) is 0 Å². The number of piperidine rings is 1. The van der Waals surface area contributed by atoms with Crippen LogP contribution in [0.1, 0.15) is 37.2 Å². The molecule has 0 bridgehead atoms. The summed E-state index contributed by atoms with van der Waals surface area (Å²) in [5, 5.41) is 0. The minimum absolute atomic E-state index is 0.0650. The summed E-state index contributed by atoms with van der Waals surface area (Å²) >= 11 is 0. The van der Waals surface area contributed by atoms with Gasteiger partial charge in [-0.2, -0.15) is 0 Å². The molecule has 6 nitrogen and oxygen atoms in total. The van der Waals surface area contributed by atoms with Gasteiger partial charge < -0.3 is 9.80 Å². The van der Waals surface area contributed by atoms with Crippen LogP contribution in [-0.4, -0.2) is 73.3 Å². The van der Waals surface area contributed by atoms with Gasteiger partial charge in [0.1, 0.15) is 0 Å². The fourth-order valence-electron chi connectivity index (χ4n) is 3.83. The summed E-state index contributed by atoms with van der Waals surface area (Å²) in [6.07, 6.45) is 6.79. The molecule has 1 aromatic heterocycles. The van der Waals surface area contributed by atoms with Gasteiger partial charge >= 0.3 is 0 Å². The van der Waals surface area contributed by atoms with Gasteiger partial charge in [0.25, 0.3) is 0 Å². The fraction of sp³-hybridized carbons (Fsp3) is 0.667. The first-order valence-electron chi connectivity index (χ1n) is 9.03. The highest BCUT2D eigenvalue weighted by Gasteiger charge is 2.31. The summed E-state index contributed by atoms with van der Waals surface area (Å²) < 4.78 is 23.1. The number of aromatic nitrogens is 1. The van der Waals surface area contributed by atoms with Crippen LogP contribution in [0.2, 0.25) is 0 Å². The maximum absolute atomic E-state index is 12.5. The van der Waals surface area contributed by atoms with E-state index in [4.69, 9.17) is 0 Å². The Morgan fingerprint density at radius 3 is 2.52 bits per heavy atom. The second-order valence-electron chi connectivity index (χ2n) is 7.22. The van der Waals surface area contributed by atoms with Gasteiger partial charge in [-0.05, 0) is 49.9 Å². The van der Waals surface area contributed by atoms with E-state index in [2.05, 4.69) is 17.1 Å². The molecule has 0 spiro atoms. The van der Waals surface area contributed by atoms with Gasteiger partial charge in [0.2, 0.25) is 5.91 Å². The van der Waals surface area contributed by atoms with E-state index in [0.29, 0.717) is 25.3 Å². The van der Waals surface area contributed by atoms with Crippen molar-refractivity contribution in [3.05, 3.63) is 30.1 Å². The predicted molar refractivity (Wildman–Crippen MR) is 97.1 cm³/mol.